The van der Waals surface area contributed by atoms with E-state index < -0.39 is 0 Å². The molecule has 1 fully saturated rings. The first-order valence-electron chi connectivity index (χ1n) is 12.3. The third-order valence-electron chi connectivity index (χ3n) is 6.76. The minimum absolute atomic E-state index is 0.154. The van der Waals surface area contributed by atoms with Gasteiger partial charge in [-0.05, 0) is 74.6 Å². The van der Waals surface area contributed by atoms with Crippen molar-refractivity contribution < 1.29 is 9.53 Å². The molecular weight excluding hydrogens is 398 g/mol. The number of anilines is 1. The minimum Gasteiger partial charge on any atom is -0.377 e. The highest BCUT2D eigenvalue weighted by Gasteiger charge is 2.32. The fourth-order valence-electron chi connectivity index (χ4n) is 4.93. The second kappa shape index (κ2) is 11.1. The summed E-state index contributed by atoms with van der Waals surface area (Å²) in [7, 11) is 0. The van der Waals surface area contributed by atoms with Gasteiger partial charge in [-0.3, -0.25) is 9.69 Å². The Hall–Kier alpha value is -2.24. The number of fused-ring (bicyclic) bond motifs is 1. The Morgan fingerprint density at radius 2 is 2.06 bits per heavy atom. The summed E-state index contributed by atoms with van der Waals surface area (Å²) in [5.74, 6) is 1.29. The van der Waals surface area contributed by atoms with Crippen LogP contribution in [0.25, 0.3) is 0 Å². The summed E-state index contributed by atoms with van der Waals surface area (Å²) in [6.07, 6.45) is 7.68. The van der Waals surface area contributed by atoms with Crippen molar-refractivity contribution in [1.82, 2.24) is 9.88 Å². The maximum absolute atomic E-state index is 12.4. The highest BCUT2D eigenvalue weighted by atomic mass is 16.5. The van der Waals surface area contributed by atoms with Crippen molar-refractivity contribution in [3.8, 4) is 0 Å². The second-order valence-electron chi connectivity index (χ2n) is 9.18. The van der Waals surface area contributed by atoms with E-state index in [0.717, 1.165) is 76.1 Å². The molecule has 1 saturated heterocycles. The number of ketones is 1. The fourth-order valence-corrected chi connectivity index (χ4v) is 4.93. The number of likely N-dealkylation sites (tertiary alicyclic amines) is 1. The van der Waals surface area contributed by atoms with Crippen LogP contribution in [0.2, 0.25) is 0 Å². The number of aryl methyl sites for hydroxylation is 3. The molecule has 5 nitrogen and oxygen atoms in total. The predicted octanol–water partition coefficient (Wildman–Crippen LogP) is 4.75. The Labute approximate surface area is 192 Å². The standard InChI is InChI=1S/C27H37N3O2/c1-3-21-9-11-22(12-10-21)26(20(2)31)30-17-15-25(19-30)32-18-5-4-8-24-14-13-23-7-6-16-28-27(23)29-24/h9-14,25-26H,3-8,15-19H2,1-2H3,(H,28,29)/t25-,26+/m1/s1. The third-order valence-corrected chi connectivity index (χ3v) is 6.76. The zero-order chi connectivity index (χ0) is 22.3. The molecule has 172 valence electrons. The van der Waals surface area contributed by atoms with Gasteiger partial charge in [0.25, 0.3) is 0 Å². The molecule has 2 aliphatic heterocycles. The van der Waals surface area contributed by atoms with E-state index in [-0.39, 0.29) is 17.9 Å². The number of carbonyl (C=O) groups is 1. The summed E-state index contributed by atoms with van der Waals surface area (Å²) < 4.78 is 6.18. The number of aromatic nitrogens is 1. The molecule has 1 N–H and O–H groups in total. The van der Waals surface area contributed by atoms with Gasteiger partial charge in [0.15, 0.2) is 5.78 Å². The van der Waals surface area contributed by atoms with Crippen LogP contribution >= 0.6 is 0 Å². The third kappa shape index (κ3) is 5.76. The Bertz CT molecular complexity index is 896. The molecule has 3 heterocycles. The van der Waals surface area contributed by atoms with E-state index in [1.165, 1.54) is 23.2 Å². The topological polar surface area (TPSA) is 54.5 Å². The molecule has 2 aliphatic rings. The lowest BCUT2D eigenvalue weighted by atomic mass is 10.00. The molecule has 0 bridgehead atoms. The number of Topliss-reactive ketones (excluding diaryl/α,β-unsaturated/α-hetero) is 1. The average molecular weight is 436 g/mol. The first kappa shape index (κ1) is 22.9. The quantitative estimate of drug-likeness (QED) is 0.546. The van der Waals surface area contributed by atoms with Gasteiger partial charge < -0.3 is 10.1 Å². The predicted molar refractivity (Wildman–Crippen MR) is 129 cm³/mol. The second-order valence-corrected chi connectivity index (χ2v) is 9.18. The van der Waals surface area contributed by atoms with Crippen molar-refractivity contribution in [3.63, 3.8) is 0 Å². The Morgan fingerprint density at radius 1 is 1.22 bits per heavy atom. The van der Waals surface area contributed by atoms with Gasteiger partial charge in [0, 0.05) is 31.9 Å². The summed E-state index contributed by atoms with van der Waals surface area (Å²) in [5, 5.41) is 3.42. The number of rotatable bonds is 10. The lowest BCUT2D eigenvalue weighted by molar-refractivity contribution is -0.122. The molecule has 0 unspecified atom stereocenters. The van der Waals surface area contributed by atoms with Gasteiger partial charge in [-0.25, -0.2) is 4.98 Å². The normalized spacial score (nSPS) is 19.4. The molecule has 0 saturated carbocycles. The number of benzene rings is 1. The van der Waals surface area contributed by atoms with Crippen molar-refractivity contribution >= 4 is 11.6 Å². The van der Waals surface area contributed by atoms with E-state index in [4.69, 9.17) is 9.72 Å². The van der Waals surface area contributed by atoms with Gasteiger partial charge in [-0.15, -0.1) is 0 Å². The van der Waals surface area contributed by atoms with E-state index in [9.17, 15) is 4.79 Å². The van der Waals surface area contributed by atoms with Crippen LogP contribution in [0.4, 0.5) is 5.82 Å². The van der Waals surface area contributed by atoms with Gasteiger partial charge in [0.2, 0.25) is 0 Å². The fraction of sp³-hybridized carbons (Fsp3) is 0.556. The van der Waals surface area contributed by atoms with E-state index in [2.05, 4.69) is 53.5 Å². The molecule has 5 heteroatoms. The summed E-state index contributed by atoms with van der Waals surface area (Å²) in [6.45, 7) is 7.41. The molecule has 0 spiro atoms. The summed E-state index contributed by atoms with van der Waals surface area (Å²) in [4.78, 5) is 19.5. The monoisotopic (exact) mass is 435 g/mol. The van der Waals surface area contributed by atoms with Crippen molar-refractivity contribution in [1.29, 1.82) is 0 Å². The molecule has 2 atom stereocenters. The number of hydrogen-bond acceptors (Lipinski definition) is 5. The van der Waals surface area contributed by atoms with E-state index in [1.807, 2.05) is 0 Å². The maximum atomic E-state index is 12.4. The van der Waals surface area contributed by atoms with Crippen LogP contribution in [0, 0.1) is 0 Å². The lowest BCUT2D eigenvalue weighted by Gasteiger charge is -2.26. The van der Waals surface area contributed by atoms with Crippen LogP contribution in [-0.2, 0) is 28.8 Å². The first-order chi connectivity index (χ1) is 15.6. The zero-order valence-electron chi connectivity index (χ0n) is 19.6. The molecule has 1 aromatic carbocycles. The van der Waals surface area contributed by atoms with Crippen molar-refractivity contribution in [2.75, 3.05) is 31.6 Å². The lowest BCUT2D eigenvalue weighted by Crippen LogP contribution is -2.32. The van der Waals surface area contributed by atoms with Crippen LogP contribution in [0.5, 0.6) is 0 Å². The number of carbonyl (C=O) groups excluding carboxylic acids is 1. The smallest absolute Gasteiger partial charge is 0.151 e. The molecule has 32 heavy (non-hydrogen) atoms. The molecule has 2 aromatic rings. The Kier molecular flexibility index (Phi) is 7.93. The number of pyridine rings is 1. The van der Waals surface area contributed by atoms with Crippen LogP contribution in [0.15, 0.2) is 36.4 Å². The van der Waals surface area contributed by atoms with E-state index in [1.54, 1.807) is 6.92 Å². The first-order valence-corrected chi connectivity index (χ1v) is 12.3. The highest BCUT2D eigenvalue weighted by Crippen LogP contribution is 2.28. The van der Waals surface area contributed by atoms with Gasteiger partial charge in [0.05, 0.1) is 12.1 Å². The zero-order valence-corrected chi connectivity index (χ0v) is 19.6. The molecule has 0 amide bonds. The van der Waals surface area contributed by atoms with Crippen LogP contribution in [0.1, 0.15) is 68.0 Å². The van der Waals surface area contributed by atoms with Gasteiger partial charge in [-0.2, -0.15) is 0 Å². The number of ether oxygens (including phenoxy) is 1. The highest BCUT2D eigenvalue weighted by molar-refractivity contribution is 5.83. The summed E-state index contributed by atoms with van der Waals surface area (Å²) >= 11 is 0. The minimum atomic E-state index is -0.154. The molecule has 0 radical (unpaired) electrons. The van der Waals surface area contributed by atoms with Gasteiger partial charge >= 0.3 is 0 Å². The molecule has 0 aliphatic carbocycles. The largest absolute Gasteiger partial charge is 0.377 e. The van der Waals surface area contributed by atoms with Gasteiger partial charge in [-0.1, -0.05) is 37.3 Å². The van der Waals surface area contributed by atoms with Gasteiger partial charge in [0.1, 0.15) is 5.82 Å². The number of hydrogen-bond donors (Lipinski definition) is 1. The average Bonchev–Trinajstić information content (AvgIpc) is 3.27. The number of nitrogens with zero attached hydrogens (tertiary/aromatic N) is 2. The molecular formula is C27H37N3O2. The van der Waals surface area contributed by atoms with Crippen LogP contribution in [0.3, 0.4) is 0 Å². The number of nitrogens with one attached hydrogen (secondary N) is 1. The summed E-state index contributed by atoms with van der Waals surface area (Å²) in [5.41, 5.74) is 4.92. The number of unbranched alkanes of at least 4 members (excludes halogenated alkanes) is 1. The molecule has 4 rings (SSSR count). The SMILES string of the molecule is CCc1ccc([C@H](C(C)=O)N2CC[C@@H](OCCCCc3ccc4c(n3)NCCC4)C2)cc1. The van der Waals surface area contributed by atoms with Crippen LogP contribution in [-0.4, -0.2) is 48.0 Å². The van der Waals surface area contributed by atoms with Crippen molar-refractivity contribution in [3.05, 3.63) is 58.8 Å². The Morgan fingerprint density at radius 3 is 2.84 bits per heavy atom. The molecule has 1 aromatic heterocycles. The van der Waals surface area contributed by atoms with Crippen LogP contribution < -0.4 is 5.32 Å². The van der Waals surface area contributed by atoms with Crippen molar-refractivity contribution in [2.45, 2.75) is 70.9 Å². The van der Waals surface area contributed by atoms with E-state index >= 15 is 0 Å². The van der Waals surface area contributed by atoms with E-state index in [0.29, 0.717) is 0 Å². The summed E-state index contributed by atoms with van der Waals surface area (Å²) in [6, 6.07) is 12.8. The van der Waals surface area contributed by atoms with Crippen molar-refractivity contribution in [2.24, 2.45) is 0 Å². The Balaban J connectivity index is 1.20. The maximum Gasteiger partial charge on any atom is 0.151 e.